The largest absolute Gasteiger partial charge is 0.466 e. The monoisotopic (exact) mass is 234 g/mol. The quantitative estimate of drug-likeness (QED) is 0.339. The van der Waals surface area contributed by atoms with Gasteiger partial charge in [-0.1, -0.05) is 19.1 Å². The highest BCUT2D eigenvalue weighted by molar-refractivity contribution is 5.82. The van der Waals surface area contributed by atoms with Crippen LogP contribution in [0.3, 0.4) is 0 Å². The van der Waals surface area contributed by atoms with Gasteiger partial charge in [0.1, 0.15) is 11.5 Å². The molecule has 0 atom stereocenters. The summed E-state index contributed by atoms with van der Waals surface area (Å²) < 4.78 is 10.00. The molecule has 0 bridgehead atoms. The summed E-state index contributed by atoms with van der Waals surface area (Å²) in [6, 6.07) is 6.82. The Labute approximate surface area is 99.8 Å². The zero-order valence-electron chi connectivity index (χ0n) is 9.80. The van der Waals surface area contributed by atoms with Gasteiger partial charge in [-0.25, -0.2) is 4.79 Å². The van der Waals surface area contributed by atoms with E-state index in [1.54, 1.807) is 24.3 Å². The van der Waals surface area contributed by atoms with E-state index in [1.807, 2.05) is 6.92 Å². The number of esters is 1. The molecule has 4 nitrogen and oxygen atoms in total. The minimum Gasteiger partial charge on any atom is -0.466 e. The van der Waals surface area contributed by atoms with E-state index in [0.29, 0.717) is 29.8 Å². The van der Waals surface area contributed by atoms with Gasteiger partial charge in [-0.2, -0.15) is 0 Å². The molecule has 0 aromatic heterocycles. The Hall–Kier alpha value is -2.10. The van der Waals surface area contributed by atoms with Crippen molar-refractivity contribution in [1.29, 1.82) is 0 Å². The van der Waals surface area contributed by atoms with Gasteiger partial charge >= 0.3 is 5.97 Å². The normalized spacial score (nSPS) is 10.8. The maximum atomic E-state index is 11.1. The number of allylic oxidation sites excluding steroid dienone is 1. The van der Waals surface area contributed by atoms with Gasteiger partial charge in [0.25, 0.3) is 0 Å². The molecule has 1 rings (SSSR count). The standard InChI is InChI=1S/C13H14O4/c1-3-11(8-13(15)16-2)17-12-7-5-4-6-10(12)9-14/h4-9H,3H2,1-2H3. The molecule has 1 aromatic rings. The SMILES string of the molecule is CCC(=CC(=O)OC)Oc1ccccc1C=O. The van der Waals surface area contributed by atoms with Crippen LogP contribution in [0.5, 0.6) is 5.75 Å². The molecule has 0 saturated carbocycles. The molecule has 0 N–H and O–H groups in total. The van der Waals surface area contributed by atoms with Gasteiger partial charge in [0, 0.05) is 6.42 Å². The van der Waals surface area contributed by atoms with Gasteiger partial charge in [0.2, 0.25) is 0 Å². The predicted octanol–water partition coefficient (Wildman–Crippen LogP) is 2.34. The molecule has 0 radical (unpaired) electrons. The molecule has 17 heavy (non-hydrogen) atoms. The molecule has 0 aliphatic heterocycles. The van der Waals surface area contributed by atoms with Gasteiger partial charge in [-0.05, 0) is 12.1 Å². The van der Waals surface area contributed by atoms with Crippen molar-refractivity contribution in [2.24, 2.45) is 0 Å². The van der Waals surface area contributed by atoms with Gasteiger partial charge in [0.05, 0.1) is 18.7 Å². The van der Waals surface area contributed by atoms with Crippen molar-refractivity contribution < 1.29 is 19.1 Å². The molecular weight excluding hydrogens is 220 g/mol. The van der Waals surface area contributed by atoms with E-state index in [2.05, 4.69) is 4.74 Å². The maximum absolute atomic E-state index is 11.1. The molecule has 0 amide bonds. The topological polar surface area (TPSA) is 52.6 Å². The number of methoxy groups -OCH3 is 1. The number of carbonyl (C=O) groups excluding carboxylic acids is 2. The average Bonchev–Trinajstić information content (AvgIpc) is 2.38. The molecule has 1 aromatic carbocycles. The summed E-state index contributed by atoms with van der Waals surface area (Å²) in [5.74, 6) is 0.399. The number of ether oxygens (including phenoxy) is 2. The summed E-state index contributed by atoms with van der Waals surface area (Å²) in [6.45, 7) is 1.85. The molecule has 0 fully saturated rings. The fraction of sp³-hybridized carbons (Fsp3) is 0.231. The van der Waals surface area contributed by atoms with Crippen LogP contribution in [0.15, 0.2) is 36.1 Å². The molecular formula is C13H14O4. The van der Waals surface area contributed by atoms with Crippen molar-refractivity contribution in [3.05, 3.63) is 41.7 Å². The van der Waals surface area contributed by atoms with Crippen LogP contribution in [0.1, 0.15) is 23.7 Å². The van der Waals surface area contributed by atoms with E-state index in [1.165, 1.54) is 13.2 Å². The number of carbonyl (C=O) groups is 2. The molecule has 0 spiro atoms. The Morgan fingerprint density at radius 2 is 2.06 bits per heavy atom. The Bertz CT molecular complexity index is 435. The van der Waals surface area contributed by atoms with E-state index in [4.69, 9.17) is 4.74 Å². The van der Waals surface area contributed by atoms with Crippen molar-refractivity contribution >= 4 is 12.3 Å². The third kappa shape index (κ3) is 3.75. The van der Waals surface area contributed by atoms with Crippen molar-refractivity contribution in [3.8, 4) is 5.75 Å². The highest BCUT2D eigenvalue weighted by Gasteiger charge is 2.06. The number of benzene rings is 1. The highest BCUT2D eigenvalue weighted by Crippen LogP contribution is 2.19. The summed E-state index contributed by atoms with van der Waals surface area (Å²) in [4.78, 5) is 21.9. The van der Waals surface area contributed by atoms with Crippen molar-refractivity contribution in [3.63, 3.8) is 0 Å². The molecule has 0 saturated heterocycles. The molecule has 0 aliphatic rings. The summed E-state index contributed by atoms with van der Waals surface area (Å²) in [7, 11) is 1.30. The van der Waals surface area contributed by atoms with Crippen LogP contribution in [0.4, 0.5) is 0 Å². The zero-order valence-corrected chi connectivity index (χ0v) is 9.80. The number of aldehydes is 1. The molecule has 4 heteroatoms. The van der Waals surface area contributed by atoms with Crippen molar-refractivity contribution in [1.82, 2.24) is 0 Å². The Morgan fingerprint density at radius 1 is 1.35 bits per heavy atom. The van der Waals surface area contributed by atoms with Gasteiger partial charge in [-0.15, -0.1) is 0 Å². The van der Waals surface area contributed by atoms with Crippen LogP contribution in [-0.2, 0) is 9.53 Å². The number of hydrogen-bond donors (Lipinski definition) is 0. The zero-order chi connectivity index (χ0) is 12.7. The lowest BCUT2D eigenvalue weighted by atomic mass is 10.2. The van der Waals surface area contributed by atoms with Gasteiger partial charge in [-0.3, -0.25) is 4.79 Å². The van der Waals surface area contributed by atoms with Gasteiger partial charge < -0.3 is 9.47 Å². The number of hydrogen-bond acceptors (Lipinski definition) is 4. The average molecular weight is 234 g/mol. The molecule has 0 unspecified atom stereocenters. The second-order valence-electron chi connectivity index (χ2n) is 3.25. The fourth-order valence-electron chi connectivity index (χ4n) is 1.21. The van der Waals surface area contributed by atoms with Crippen LogP contribution in [-0.4, -0.2) is 19.4 Å². The van der Waals surface area contributed by atoms with Crippen molar-refractivity contribution in [2.45, 2.75) is 13.3 Å². The van der Waals surface area contributed by atoms with Crippen LogP contribution in [0, 0.1) is 0 Å². The van der Waals surface area contributed by atoms with Crippen LogP contribution in [0.25, 0.3) is 0 Å². The molecule has 90 valence electrons. The fourth-order valence-corrected chi connectivity index (χ4v) is 1.21. The third-order valence-corrected chi connectivity index (χ3v) is 2.12. The lowest BCUT2D eigenvalue weighted by Crippen LogP contribution is -2.02. The first kappa shape index (κ1) is 13.0. The minimum atomic E-state index is -0.481. The second kappa shape index (κ2) is 6.48. The second-order valence-corrected chi connectivity index (χ2v) is 3.25. The van der Waals surface area contributed by atoms with E-state index in [-0.39, 0.29) is 0 Å². The lowest BCUT2D eigenvalue weighted by Gasteiger charge is -2.09. The summed E-state index contributed by atoms with van der Waals surface area (Å²) in [5.41, 5.74) is 0.441. The molecule has 0 heterocycles. The first-order chi connectivity index (χ1) is 8.21. The highest BCUT2D eigenvalue weighted by atomic mass is 16.5. The lowest BCUT2D eigenvalue weighted by molar-refractivity contribution is -0.135. The van der Waals surface area contributed by atoms with Gasteiger partial charge in [0.15, 0.2) is 6.29 Å². The minimum absolute atomic E-state index is 0.430. The van der Waals surface area contributed by atoms with E-state index < -0.39 is 5.97 Å². The smallest absolute Gasteiger partial charge is 0.333 e. The predicted molar refractivity (Wildman–Crippen MR) is 62.8 cm³/mol. The summed E-state index contributed by atoms with van der Waals surface area (Å²) in [6.07, 6.45) is 2.50. The Kier molecular flexibility index (Phi) is 4.94. The van der Waals surface area contributed by atoms with Crippen LogP contribution < -0.4 is 4.74 Å². The number of rotatable bonds is 5. The molecule has 0 aliphatic carbocycles. The summed E-state index contributed by atoms with van der Waals surface area (Å²) in [5, 5.41) is 0. The third-order valence-electron chi connectivity index (χ3n) is 2.12. The Balaban J connectivity index is 2.91. The van der Waals surface area contributed by atoms with E-state index in [9.17, 15) is 9.59 Å². The van der Waals surface area contributed by atoms with E-state index in [0.717, 1.165) is 0 Å². The van der Waals surface area contributed by atoms with E-state index >= 15 is 0 Å². The van der Waals surface area contributed by atoms with Crippen molar-refractivity contribution in [2.75, 3.05) is 7.11 Å². The van der Waals surface area contributed by atoms with Crippen LogP contribution in [0.2, 0.25) is 0 Å². The summed E-state index contributed by atoms with van der Waals surface area (Å²) >= 11 is 0. The Morgan fingerprint density at radius 3 is 2.65 bits per heavy atom. The van der Waals surface area contributed by atoms with Crippen LogP contribution >= 0.6 is 0 Å². The maximum Gasteiger partial charge on any atom is 0.333 e. The number of para-hydroxylation sites is 1. The first-order valence-corrected chi connectivity index (χ1v) is 5.21. The first-order valence-electron chi connectivity index (χ1n) is 5.21.